The number of ether oxygens (including phenoxy) is 2. The van der Waals surface area contributed by atoms with Crippen molar-refractivity contribution in [2.24, 2.45) is 17.8 Å². The van der Waals surface area contributed by atoms with Crippen molar-refractivity contribution in [3.8, 4) is 0 Å². The Kier molecular flexibility index (Phi) is 19.1. The van der Waals surface area contributed by atoms with Gasteiger partial charge in [-0.2, -0.15) is 0 Å². The number of nitrogens with zero attached hydrogens (tertiary/aromatic N) is 3. The molecular formula is C45H72N6O8S. The van der Waals surface area contributed by atoms with Crippen LogP contribution in [0.2, 0.25) is 0 Å². The van der Waals surface area contributed by atoms with Gasteiger partial charge in [0.2, 0.25) is 11.8 Å². The molecule has 2 aliphatic rings. The van der Waals surface area contributed by atoms with E-state index in [1.807, 2.05) is 67.8 Å². The second kappa shape index (κ2) is 23.4. The number of aromatic amines is 1. The highest BCUT2D eigenvalue weighted by Gasteiger charge is 2.47. The molecule has 5 atom stereocenters. The van der Waals surface area contributed by atoms with Gasteiger partial charge in [-0.05, 0) is 90.0 Å². The van der Waals surface area contributed by atoms with Gasteiger partial charge in [0.25, 0.3) is 0 Å². The Bertz CT molecular complexity index is 1730. The first-order chi connectivity index (χ1) is 28.6. The number of amides is 2. The smallest absolute Gasteiger partial charge is 0.320 e. The summed E-state index contributed by atoms with van der Waals surface area (Å²) >= 11 is 0. The predicted molar refractivity (Wildman–Crippen MR) is 233 cm³/mol. The standard InChI is InChI=1S/C45H72N6O8S/c1-8-50(9-2)28-39(52)58-41(34-22-23-34)42(59-40(53)29-51(10-3)11-4)37(25-33-20-16-13-17-21-33)49-44(55)36(38-27-46-31-48-38)26-47-43(54)35(24-32-18-14-12-15-19-32)30-60(56,57)45(5,6)7/h12,14-15,18-19,27,31,33-37,41-42H,8-11,13,16-17,20-26,28-30H2,1-7H3,(H,46,48)(H,47,54)(H,49,55)/t35-,36+,37+,41+,42-/m1/s1. The number of carbonyl (C=O) groups excluding carboxylic acids is 4. The van der Waals surface area contributed by atoms with Gasteiger partial charge in [0.15, 0.2) is 15.9 Å². The number of likely N-dealkylation sites (N-methyl/N-ethyl adjacent to an activating group) is 2. The maximum atomic E-state index is 14.8. The normalized spacial score (nSPS) is 17.7. The molecule has 0 saturated heterocycles. The van der Waals surface area contributed by atoms with Crippen LogP contribution in [0.3, 0.4) is 0 Å². The van der Waals surface area contributed by atoms with Crippen molar-refractivity contribution >= 4 is 33.6 Å². The van der Waals surface area contributed by atoms with Crippen molar-refractivity contribution in [2.75, 3.05) is 51.6 Å². The average Bonchev–Trinajstić information content (AvgIpc) is 3.93. The number of imidazole rings is 1. The molecule has 0 spiro atoms. The summed E-state index contributed by atoms with van der Waals surface area (Å²) in [7, 11) is -3.69. The van der Waals surface area contributed by atoms with Crippen molar-refractivity contribution in [1.29, 1.82) is 0 Å². The minimum absolute atomic E-state index is 0.0324. The number of H-pyrrole nitrogens is 1. The average molecular weight is 857 g/mol. The molecule has 2 aromatic rings. The van der Waals surface area contributed by atoms with Crippen LogP contribution in [-0.2, 0) is 44.9 Å². The van der Waals surface area contributed by atoms with E-state index >= 15 is 0 Å². The monoisotopic (exact) mass is 857 g/mol. The maximum Gasteiger partial charge on any atom is 0.320 e. The number of aromatic nitrogens is 2. The number of nitrogens with one attached hydrogen (secondary N) is 3. The molecule has 336 valence electrons. The van der Waals surface area contributed by atoms with Crippen LogP contribution >= 0.6 is 0 Å². The first kappa shape index (κ1) is 48.8. The van der Waals surface area contributed by atoms with E-state index in [1.54, 1.807) is 27.0 Å². The first-order valence-electron chi connectivity index (χ1n) is 22.2. The van der Waals surface area contributed by atoms with Crippen LogP contribution in [0.1, 0.15) is 117 Å². The molecule has 0 radical (unpaired) electrons. The summed E-state index contributed by atoms with van der Waals surface area (Å²) in [6, 6.07) is 8.55. The molecule has 2 amide bonds. The quantitative estimate of drug-likeness (QED) is 0.114. The third kappa shape index (κ3) is 15.0. The van der Waals surface area contributed by atoms with E-state index < -0.39 is 68.4 Å². The van der Waals surface area contributed by atoms with Gasteiger partial charge in [-0.1, -0.05) is 90.1 Å². The number of esters is 2. The summed E-state index contributed by atoms with van der Waals surface area (Å²) < 4.78 is 38.5. The number of benzene rings is 1. The van der Waals surface area contributed by atoms with Crippen LogP contribution in [0.25, 0.3) is 0 Å². The molecule has 1 aromatic heterocycles. The predicted octanol–water partition coefficient (Wildman–Crippen LogP) is 5.05. The van der Waals surface area contributed by atoms with Gasteiger partial charge in [-0.3, -0.25) is 29.0 Å². The molecule has 15 heteroatoms. The Morgan fingerprint density at radius 3 is 1.98 bits per heavy atom. The SMILES string of the molecule is CCN(CC)CC(=O)O[C@H]([C@H](CC1CCCCC1)NC(=O)[C@@H](CNC(=O)[C@H](Cc1ccccc1)CS(=O)(=O)C(C)(C)C)c1c[nH]cn1)[C@@H](OC(=O)CN(CC)CC)C1CC1. The van der Waals surface area contributed by atoms with Crippen LogP contribution in [0, 0.1) is 17.8 Å². The van der Waals surface area contributed by atoms with Crippen molar-refractivity contribution in [1.82, 2.24) is 30.4 Å². The molecule has 2 saturated carbocycles. The number of hydrogen-bond acceptors (Lipinski definition) is 11. The number of hydrogen-bond donors (Lipinski definition) is 3. The second-order valence-electron chi connectivity index (χ2n) is 17.6. The third-order valence-electron chi connectivity index (χ3n) is 12.2. The molecule has 4 rings (SSSR count). The van der Waals surface area contributed by atoms with E-state index in [1.165, 1.54) is 6.33 Å². The van der Waals surface area contributed by atoms with Crippen LogP contribution in [0.15, 0.2) is 42.9 Å². The molecule has 2 aliphatic carbocycles. The van der Waals surface area contributed by atoms with E-state index in [0.717, 1.165) is 50.5 Å². The van der Waals surface area contributed by atoms with Gasteiger partial charge in [0.05, 0.1) is 53.5 Å². The molecule has 0 aliphatic heterocycles. The van der Waals surface area contributed by atoms with Gasteiger partial charge in [0.1, 0.15) is 6.10 Å². The fourth-order valence-corrected chi connectivity index (χ4v) is 9.29. The third-order valence-corrected chi connectivity index (χ3v) is 14.9. The topological polar surface area (TPSA) is 180 Å². The maximum absolute atomic E-state index is 14.8. The van der Waals surface area contributed by atoms with E-state index in [9.17, 15) is 27.6 Å². The molecule has 60 heavy (non-hydrogen) atoms. The minimum Gasteiger partial charge on any atom is -0.457 e. The fourth-order valence-electron chi connectivity index (χ4n) is 7.99. The van der Waals surface area contributed by atoms with Crippen LogP contribution in [0.4, 0.5) is 0 Å². The summed E-state index contributed by atoms with van der Waals surface area (Å²) in [5, 5.41) is 6.18. The number of sulfone groups is 1. The second-order valence-corrected chi connectivity index (χ2v) is 20.4. The molecule has 1 heterocycles. The highest BCUT2D eigenvalue weighted by atomic mass is 32.2. The highest BCUT2D eigenvalue weighted by molar-refractivity contribution is 7.92. The zero-order valence-corrected chi connectivity index (χ0v) is 37.9. The lowest BCUT2D eigenvalue weighted by atomic mass is 9.82. The van der Waals surface area contributed by atoms with Crippen molar-refractivity contribution in [3.63, 3.8) is 0 Å². The summed E-state index contributed by atoms with van der Waals surface area (Å²) in [6.45, 7) is 15.4. The lowest BCUT2D eigenvalue weighted by Gasteiger charge is -2.37. The molecule has 0 bridgehead atoms. The Morgan fingerprint density at radius 1 is 0.850 bits per heavy atom. The van der Waals surface area contributed by atoms with Crippen molar-refractivity contribution in [2.45, 2.75) is 135 Å². The zero-order chi connectivity index (χ0) is 43.9. The van der Waals surface area contributed by atoms with E-state index in [-0.39, 0.29) is 43.6 Å². The van der Waals surface area contributed by atoms with Crippen molar-refractivity contribution in [3.05, 3.63) is 54.1 Å². The van der Waals surface area contributed by atoms with Crippen molar-refractivity contribution < 1.29 is 37.1 Å². The molecular weight excluding hydrogens is 785 g/mol. The Morgan fingerprint density at radius 2 is 1.45 bits per heavy atom. The first-order valence-corrected chi connectivity index (χ1v) is 23.9. The molecule has 1 aromatic carbocycles. The zero-order valence-electron chi connectivity index (χ0n) is 37.1. The summed E-state index contributed by atoms with van der Waals surface area (Å²) in [6.07, 6.45) is 8.80. The van der Waals surface area contributed by atoms with Gasteiger partial charge in [-0.25, -0.2) is 13.4 Å². The number of rotatable bonds is 25. The number of carbonyl (C=O) groups is 4. The van der Waals surface area contributed by atoms with Gasteiger partial charge in [0, 0.05) is 12.7 Å². The Hall–Kier alpha value is -3.82. The van der Waals surface area contributed by atoms with Crippen LogP contribution in [-0.4, -0.2) is 127 Å². The molecule has 0 unspecified atom stereocenters. The van der Waals surface area contributed by atoms with E-state index in [0.29, 0.717) is 38.3 Å². The summed E-state index contributed by atoms with van der Waals surface area (Å²) in [5.41, 5.74) is 1.20. The van der Waals surface area contributed by atoms with Gasteiger partial charge < -0.3 is 25.1 Å². The van der Waals surface area contributed by atoms with Crippen LogP contribution in [0.5, 0.6) is 0 Å². The fraction of sp³-hybridized carbons (Fsp3) is 0.711. The Balaban J connectivity index is 1.67. The highest BCUT2D eigenvalue weighted by Crippen LogP contribution is 2.39. The lowest BCUT2D eigenvalue weighted by molar-refractivity contribution is -0.174. The lowest BCUT2D eigenvalue weighted by Crippen LogP contribution is -2.55. The minimum atomic E-state index is -3.69. The Labute approximate surface area is 358 Å². The van der Waals surface area contributed by atoms with E-state index in [4.69, 9.17) is 9.47 Å². The largest absolute Gasteiger partial charge is 0.457 e. The molecule has 2 fully saturated rings. The summed E-state index contributed by atoms with van der Waals surface area (Å²) in [5.74, 6) is -3.85. The van der Waals surface area contributed by atoms with Gasteiger partial charge in [-0.15, -0.1) is 0 Å². The van der Waals surface area contributed by atoms with Gasteiger partial charge >= 0.3 is 11.9 Å². The molecule has 3 N–H and O–H groups in total. The summed E-state index contributed by atoms with van der Waals surface area (Å²) in [4.78, 5) is 67.4. The van der Waals surface area contributed by atoms with Crippen LogP contribution < -0.4 is 10.6 Å². The molecule has 14 nitrogen and oxygen atoms in total. The van der Waals surface area contributed by atoms with E-state index in [2.05, 4.69) is 20.6 Å².